The highest BCUT2D eigenvalue weighted by Gasteiger charge is 2.93. The van der Waals surface area contributed by atoms with Crippen molar-refractivity contribution in [2.75, 3.05) is 7.11 Å². The highest BCUT2D eigenvalue weighted by Crippen LogP contribution is 2.87. The molecule has 5 atom stereocenters. The number of carbonyl (C=O) groups is 1. The van der Waals surface area contributed by atoms with Crippen LogP contribution in [0.1, 0.15) is 56.5 Å². The first kappa shape index (κ1) is 17.8. The number of benzene rings is 1. The molecule has 5 aliphatic rings. The molecule has 0 radical (unpaired) electrons. The maximum Gasteiger partial charge on any atom is 0.487 e. The molecule has 6 nitrogen and oxygen atoms in total. The summed E-state index contributed by atoms with van der Waals surface area (Å²) in [7, 11) is 1.12. The summed E-state index contributed by atoms with van der Waals surface area (Å²) in [5.41, 5.74) is 1.04. The van der Waals surface area contributed by atoms with Crippen LogP contribution in [-0.4, -0.2) is 37.2 Å². The van der Waals surface area contributed by atoms with E-state index < -0.39 is 18.9 Å². The van der Waals surface area contributed by atoms with Crippen molar-refractivity contribution in [3.05, 3.63) is 29.2 Å². The highest BCUT2D eigenvalue weighted by molar-refractivity contribution is 6.52. The average molecular weight is 396 g/mol. The maximum atomic E-state index is 12.5. The van der Waals surface area contributed by atoms with Gasteiger partial charge in [0.15, 0.2) is 0 Å². The predicted octanol–water partition coefficient (Wildman–Crippen LogP) is 3.63. The third kappa shape index (κ3) is 1.81. The molecule has 0 amide bonds. The number of rotatable bonds is 3. The standard InChI is InChI=1S/C22H25BO6/c1-19(2)26-17-12(6-7-14(25-5)16(17)18(24)27-19)8-9-23-28-21(4)15-10-13-11-22(21,29-23)20(13,15)3/h6-9,13,15H,10-11H2,1-5H3/b9-8-/t13?,15?,20?,21-,22?/m1/s1. The third-order valence-electron chi connectivity index (χ3n) is 8.33. The van der Waals surface area contributed by atoms with E-state index in [4.69, 9.17) is 23.5 Å². The van der Waals surface area contributed by atoms with Gasteiger partial charge >= 0.3 is 13.1 Å². The number of esters is 1. The molecule has 1 spiro atoms. The average Bonchev–Trinajstić information content (AvgIpc) is 2.97. The molecule has 7 heteroatoms. The number of ether oxygens (including phenoxy) is 3. The Balaban J connectivity index is 1.32. The van der Waals surface area contributed by atoms with Crippen LogP contribution in [-0.2, 0) is 14.0 Å². The number of hydrogen-bond donors (Lipinski definition) is 0. The third-order valence-corrected chi connectivity index (χ3v) is 8.33. The maximum absolute atomic E-state index is 12.5. The van der Waals surface area contributed by atoms with Crippen LogP contribution in [0.25, 0.3) is 6.08 Å². The number of fused-ring (bicyclic) bond motifs is 2. The summed E-state index contributed by atoms with van der Waals surface area (Å²) in [6, 6.07) is 3.62. The Bertz CT molecular complexity index is 988. The summed E-state index contributed by atoms with van der Waals surface area (Å²) in [5, 5.41) is 0. The zero-order valence-corrected chi connectivity index (χ0v) is 17.4. The van der Waals surface area contributed by atoms with Crippen molar-refractivity contribution in [2.24, 2.45) is 17.3 Å². The second kappa shape index (κ2) is 5.01. The lowest BCUT2D eigenvalue weighted by Crippen LogP contribution is -2.92. The molecule has 1 aromatic rings. The first-order chi connectivity index (χ1) is 13.7. The molecule has 3 saturated carbocycles. The number of carbonyl (C=O) groups excluding carboxylic acids is 1. The number of hydrogen-bond acceptors (Lipinski definition) is 6. The van der Waals surface area contributed by atoms with Gasteiger partial charge in [-0.25, -0.2) is 4.79 Å². The second-order valence-corrected chi connectivity index (χ2v) is 9.82. The summed E-state index contributed by atoms with van der Waals surface area (Å²) in [6.07, 6.45) is 4.26. The molecule has 29 heavy (non-hydrogen) atoms. The molecule has 4 unspecified atom stereocenters. The summed E-state index contributed by atoms with van der Waals surface area (Å²) >= 11 is 0. The predicted molar refractivity (Wildman–Crippen MR) is 106 cm³/mol. The van der Waals surface area contributed by atoms with Gasteiger partial charge in [0.2, 0.25) is 5.79 Å². The van der Waals surface area contributed by atoms with Crippen LogP contribution < -0.4 is 9.47 Å². The monoisotopic (exact) mass is 396 g/mol. The van der Waals surface area contributed by atoms with E-state index >= 15 is 0 Å². The Morgan fingerprint density at radius 1 is 1.17 bits per heavy atom. The van der Waals surface area contributed by atoms with Crippen LogP contribution in [0.5, 0.6) is 11.5 Å². The van der Waals surface area contributed by atoms with Gasteiger partial charge in [-0.1, -0.05) is 19.0 Å². The summed E-state index contributed by atoms with van der Waals surface area (Å²) in [5.74, 6) is 2.71. The molecule has 0 aromatic heterocycles. The number of cyclic esters (lactones) is 1. The Morgan fingerprint density at radius 2 is 1.97 bits per heavy atom. The van der Waals surface area contributed by atoms with Crippen molar-refractivity contribution in [2.45, 2.75) is 57.5 Å². The van der Waals surface area contributed by atoms with Gasteiger partial charge in [-0.3, -0.25) is 0 Å². The smallest absolute Gasteiger partial charge is 0.487 e. The van der Waals surface area contributed by atoms with Crippen molar-refractivity contribution < 1.29 is 28.3 Å². The van der Waals surface area contributed by atoms with Gasteiger partial charge < -0.3 is 23.5 Å². The van der Waals surface area contributed by atoms with Gasteiger partial charge in [0.05, 0.1) is 18.3 Å². The summed E-state index contributed by atoms with van der Waals surface area (Å²) < 4.78 is 29.6. The second-order valence-electron chi connectivity index (χ2n) is 9.82. The molecule has 3 aliphatic carbocycles. The lowest BCUT2D eigenvalue weighted by molar-refractivity contribution is -0.429. The Kier molecular flexibility index (Phi) is 3.08. The van der Waals surface area contributed by atoms with Gasteiger partial charge in [-0.15, -0.1) is 0 Å². The number of methoxy groups -OCH3 is 1. The van der Waals surface area contributed by atoms with E-state index in [0.717, 1.165) is 17.9 Å². The summed E-state index contributed by atoms with van der Waals surface area (Å²) in [6.45, 7) is 7.99. The van der Waals surface area contributed by atoms with Crippen LogP contribution in [0.4, 0.5) is 0 Å². The van der Waals surface area contributed by atoms with Crippen LogP contribution in [0, 0.1) is 17.3 Å². The highest BCUT2D eigenvalue weighted by atomic mass is 16.7. The Hall–Kier alpha value is -1.99. The van der Waals surface area contributed by atoms with E-state index in [1.165, 1.54) is 13.5 Å². The molecule has 1 saturated heterocycles. The van der Waals surface area contributed by atoms with E-state index in [9.17, 15) is 4.79 Å². The fraction of sp³-hybridized carbons (Fsp3) is 0.591. The molecule has 152 valence electrons. The minimum absolute atomic E-state index is 0.135. The quantitative estimate of drug-likeness (QED) is 0.575. The molecular weight excluding hydrogens is 371 g/mol. The van der Waals surface area contributed by atoms with Gasteiger partial charge in [0.1, 0.15) is 17.1 Å². The Morgan fingerprint density at radius 3 is 2.62 bits per heavy atom. The van der Waals surface area contributed by atoms with Crippen molar-refractivity contribution in [3.8, 4) is 11.5 Å². The molecular formula is C22H25BO6. The first-order valence-electron chi connectivity index (χ1n) is 10.3. The van der Waals surface area contributed by atoms with Gasteiger partial charge in [0.25, 0.3) is 0 Å². The van der Waals surface area contributed by atoms with Crippen molar-refractivity contribution >= 4 is 19.2 Å². The molecule has 1 aromatic carbocycles. The van der Waals surface area contributed by atoms with E-state index in [-0.39, 0.29) is 11.2 Å². The van der Waals surface area contributed by atoms with E-state index in [1.54, 1.807) is 19.9 Å². The normalized spacial score (nSPS) is 42.5. The fourth-order valence-corrected chi connectivity index (χ4v) is 6.90. The van der Waals surface area contributed by atoms with Crippen LogP contribution in [0.15, 0.2) is 18.1 Å². The fourth-order valence-electron chi connectivity index (χ4n) is 6.90. The van der Waals surface area contributed by atoms with Crippen molar-refractivity contribution in [1.29, 1.82) is 0 Å². The van der Waals surface area contributed by atoms with E-state index in [0.29, 0.717) is 28.4 Å². The van der Waals surface area contributed by atoms with Crippen LogP contribution >= 0.6 is 0 Å². The molecule has 2 aliphatic heterocycles. The van der Waals surface area contributed by atoms with Crippen molar-refractivity contribution in [1.82, 2.24) is 0 Å². The van der Waals surface area contributed by atoms with Crippen molar-refractivity contribution in [3.63, 3.8) is 0 Å². The molecule has 2 heterocycles. The molecule has 0 bridgehead atoms. The van der Waals surface area contributed by atoms with Crippen LogP contribution in [0.3, 0.4) is 0 Å². The molecule has 4 fully saturated rings. The summed E-state index contributed by atoms with van der Waals surface area (Å²) in [4.78, 5) is 12.5. The van der Waals surface area contributed by atoms with Gasteiger partial charge in [0, 0.05) is 24.8 Å². The zero-order chi connectivity index (χ0) is 20.4. The first-order valence-corrected chi connectivity index (χ1v) is 10.3. The zero-order valence-electron chi connectivity index (χ0n) is 17.4. The Labute approximate surface area is 170 Å². The van der Waals surface area contributed by atoms with E-state index in [1.807, 2.05) is 18.1 Å². The van der Waals surface area contributed by atoms with Gasteiger partial charge in [-0.2, -0.15) is 0 Å². The minimum Gasteiger partial charge on any atom is -0.496 e. The molecule has 0 N–H and O–H groups in total. The molecule has 6 rings (SSSR count). The largest absolute Gasteiger partial charge is 0.496 e. The lowest BCUT2D eigenvalue weighted by atomic mass is 9.21. The van der Waals surface area contributed by atoms with Crippen LogP contribution in [0.2, 0.25) is 0 Å². The van der Waals surface area contributed by atoms with Gasteiger partial charge in [-0.05, 0) is 43.7 Å². The van der Waals surface area contributed by atoms with E-state index in [2.05, 4.69) is 13.8 Å². The lowest BCUT2D eigenvalue weighted by Gasteiger charge is -2.87. The minimum atomic E-state index is -1.04. The SMILES string of the molecule is COc1ccc(/C=C\B2OC34CC5CC(C53C)[C@@]4(C)O2)c2c1C(=O)OC(C)(C)O2. The topological polar surface area (TPSA) is 63.2 Å².